The quantitative estimate of drug-likeness (QED) is 0.834. The number of hydrogen-bond donors (Lipinski definition) is 0. The summed E-state index contributed by atoms with van der Waals surface area (Å²) in [6.07, 6.45) is 3.13. The third-order valence-electron chi connectivity index (χ3n) is 4.50. The molecule has 0 N–H and O–H groups in total. The molecule has 2 aliphatic rings. The Balaban J connectivity index is 1.53. The van der Waals surface area contributed by atoms with Crippen molar-refractivity contribution in [3.63, 3.8) is 0 Å². The largest absolute Gasteiger partial charge is 0.342 e. The Bertz CT molecular complexity index is 571. The van der Waals surface area contributed by atoms with E-state index in [-0.39, 0.29) is 11.8 Å². The molecule has 126 valence electrons. The summed E-state index contributed by atoms with van der Waals surface area (Å²) < 4.78 is 0. The van der Waals surface area contributed by atoms with Crippen LogP contribution in [0, 0.1) is 0 Å². The molecular weight excluding hydrogens is 334 g/mol. The first-order valence-electron chi connectivity index (χ1n) is 8.17. The lowest BCUT2D eigenvalue weighted by Gasteiger charge is -2.23. The third kappa shape index (κ3) is 4.05. The Morgan fingerprint density at radius 2 is 1.74 bits per heavy atom. The van der Waals surface area contributed by atoms with Gasteiger partial charge in [-0.05, 0) is 30.7 Å². The average molecular weight is 356 g/mol. The SMILES string of the molecule is O=C(CN1CCCN(C(=O)c2sccc2Cl)CC1)N1CCCC1. The molecule has 0 unspecified atom stereocenters. The second-order valence-electron chi connectivity index (χ2n) is 6.11. The summed E-state index contributed by atoms with van der Waals surface area (Å²) in [5, 5.41) is 2.37. The van der Waals surface area contributed by atoms with Gasteiger partial charge in [-0.3, -0.25) is 14.5 Å². The minimum Gasteiger partial charge on any atom is -0.342 e. The fraction of sp³-hybridized carbons (Fsp3) is 0.625. The monoisotopic (exact) mass is 355 g/mol. The van der Waals surface area contributed by atoms with Crippen molar-refractivity contribution in [3.8, 4) is 0 Å². The molecule has 5 nitrogen and oxygen atoms in total. The molecule has 3 heterocycles. The third-order valence-corrected chi connectivity index (χ3v) is 5.83. The van der Waals surface area contributed by atoms with Gasteiger partial charge in [-0.25, -0.2) is 0 Å². The van der Waals surface area contributed by atoms with Crippen LogP contribution in [-0.4, -0.2) is 72.3 Å². The molecular formula is C16H22ClN3O2S. The van der Waals surface area contributed by atoms with Crippen LogP contribution in [0.1, 0.15) is 28.9 Å². The van der Waals surface area contributed by atoms with Crippen LogP contribution in [0.5, 0.6) is 0 Å². The molecule has 2 fully saturated rings. The number of amides is 2. The Morgan fingerprint density at radius 1 is 1.00 bits per heavy atom. The molecule has 0 aromatic carbocycles. The predicted octanol–water partition coefficient (Wildman–Crippen LogP) is 2.17. The number of carbonyl (C=O) groups is 2. The summed E-state index contributed by atoms with van der Waals surface area (Å²) in [7, 11) is 0. The van der Waals surface area contributed by atoms with E-state index in [1.165, 1.54) is 11.3 Å². The van der Waals surface area contributed by atoms with Crippen LogP contribution >= 0.6 is 22.9 Å². The summed E-state index contributed by atoms with van der Waals surface area (Å²) in [4.78, 5) is 31.4. The highest BCUT2D eigenvalue weighted by atomic mass is 35.5. The molecule has 2 aliphatic heterocycles. The standard InChI is InChI=1S/C16H22ClN3O2S/c17-13-4-11-23-15(13)16(22)20-8-3-5-18(9-10-20)12-14(21)19-6-1-2-7-19/h4,11H,1-3,5-10,12H2. The summed E-state index contributed by atoms with van der Waals surface area (Å²) in [5.74, 6) is 0.237. The van der Waals surface area contributed by atoms with Crippen molar-refractivity contribution in [1.29, 1.82) is 0 Å². The van der Waals surface area contributed by atoms with E-state index >= 15 is 0 Å². The maximum absolute atomic E-state index is 12.5. The van der Waals surface area contributed by atoms with Gasteiger partial charge in [-0.2, -0.15) is 0 Å². The van der Waals surface area contributed by atoms with Crippen LogP contribution in [0.2, 0.25) is 5.02 Å². The Kier molecular flexibility index (Phi) is 5.56. The zero-order valence-electron chi connectivity index (χ0n) is 13.2. The van der Waals surface area contributed by atoms with Gasteiger partial charge in [0.15, 0.2) is 0 Å². The number of nitrogens with zero attached hydrogens (tertiary/aromatic N) is 3. The fourth-order valence-electron chi connectivity index (χ4n) is 3.18. The zero-order valence-corrected chi connectivity index (χ0v) is 14.7. The number of thiophene rings is 1. The topological polar surface area (TPSA) is 43.9 Å². The number of hydrogen-bond acceptors (Lipinski definition) is 4. The number of halogens is 1. The molecule has 23 heavy (non-hydrogen) atoms. The smallest absolute Gasteiger partial charge is 0.265 e. The van der Waals surface area contributed by atoms with Crippen LogP contribution in [0.25, 0.3) is 0 Å². The van der Waals surface area contributed by atoms with E-state index in [1.807, 2.05) is 15.2 Å². The van der Waals surface area contributed by atoms with Crippen LogP contribution in [0.4, 0.5) is 0 Å². The van der Waals surface area contributed by atoms with Crippen molar-refractivity contribution in [1.82, 2.24) is 14.7 Å². The minimum absolute atomic E-state index is 0.0118. The maximum Gasteiger partial charge on any atom is 0.265 e. The lowest BCUT2D eigenvalue weighted by molar-refractivity contribution is -0.131. The second kappa shape index (κ2) is 7.64. The molecule has 0 spiro atoms. The van der Waals surface area contributed by atoms with Crippen molar-refractivity contribution < 1.29 is 9.59 Å². The van der Waals surface area contributed by atoms with Gasteiger partial charge in [0.05, 0.1) is 11.6 Å². The molecule has 3 rings (SSSR count). The van der Waals surface area contributed by atoms with E-state index in [1.54, 1.807) is 6.07 Å². The summed E-state index contributed by atoms with van der Waals surface area (Å²) in [6.45, 7) is 5.25. The average Bonchev–Trinajstić information content (AvgIpc) is 3.16. The van der Waals surface area contributed by atoms with Gasteiger partial charge in [-0.15, -0.1) is 11.3 Å². The predicted molar refractivity (Wildman–Crippen MR) is 92.1 cm³/mol. The van der Waals surface area contributed by atoms with E-state index < -0.39 is 0 Å². The van der Waals surface area contributed by atoms with Gasteiger partial charge in [0, 0.05) is 39.3 Å². The van der Waals surface area contributed by atoms with Crippen LogP contribution < -0.4 is 0 Å². The second-order valence-corrected chi connectivity index (χ2v) is 7.43. The first-order chi connectivity index (χ1) is 11.1. The van der Waals surface area contributed by atoms with Gasteiger partial charge < -0.3 is 9.80 Å². The lowest BCUT2D eigenvalue weighted by Crippen LogP contribution is -2.41. The van der Waals surface area contributed by atoms with Gasteiger partial charge in [-0.1, -0.05) is 11.6 Å². The number of likely N-dealkylation sites (tertiary alicyclic amines) is 1. The normalized spacial score (nSPS) is 19.9. The molecule has 0 bridgehead atoms. The molecule has 0 aliphatic carbocycles. The molecule has 0 saturated carbocycles. The minimum atomic E-state index is 0.0118. The zero-order chi connectivity index (χ0) is 16.2. The van der Waals surface area contributed by atoms with E-state index in [2.05, 4.69) is 4.90 Å². The van der Waals surface area contributed by atoms with Crippen LogP contribution in [-0.2, 0) is 4.79 Å². The summed E-state index contributed by atoms with van der Waals surface area (Å²) in [6, 6.07) is 1.76. The van der Waals surface area contributed by atoms with E-state index in [4.69, 9.17) is 11.6 Å². The molecule has 7 heteroatoms. The van der Waals surface area contributed by atoms with Gasteiger partial charge in [0.1, 0.15) is 4.88 Å². The first kappa shape index (κ1) is 16.7. The highest BCUT2D eigenvalue weighted by Crippen LogP contribution is 2.24. The molecule has 0 radical (unpaired) electrons. The number of carbonyl (C=O) groups excluding carboxylic acids is 2. The van der Waals surface area contributed by atoms with Crippen molar-refractivity contribution in [2.75, 3.05) is 45.8 Å². The highest BCUT2D eigenvalue weighted by Gasteiger charge is 2.25. The van der Waals surface area contributed by atoms with Crippen LogP contribution in [0.15, 0.2) is 11.4 Å². The summed E-state index contributed by atoms with van der Waals surface area (Å²) in [5.41, 5.74) is 0. The van der Waals surface area contributed by atoms with Gasteiger partial charge in [0.2, 0.25) is 5.91 Å². The van der Waals surface area contributed by atoms with Crippen molar-refractivity contribution >= 4 is 34.8 Å². The van der Waals surface area contributed by atoms with Crippen molar-refractivity contribution in [3.05, 3.63) is 21.3 Å². The Hall–Kier alpha value is -1.11. The highest BCUT2D eigenvalue weighted by molar-refractivity contribution is 7.12. The van der Waals surface area contributed by atoms with Crippen molar-refractivity contribution in [2.45, 2.75) is 19.3 Å². The van der Waals surface area contributed by atoms with Crippen LogP contribution in [0.3, 0.4) is 0 Å². The summed E-state index contributed by atoms with van der Waals surface area (Å²) >= 11 is 7.46. The van der Waals surface area contributed by atoms with Gasteiger partial charge >= 0.3 is 0 Å². The fourth-order valence-corrected chi connectivity index (χ4v) is 4.28. The number of rotatable bonds is 3. The maximum atomic E-state index is 12.5. The van der Waals surface area contributed by atoms with Gasteiger partial charge in [0.25, 0.3) is 5.91 Å². The first-order valence-corrected chi connectivity index (χ1v) is 9.43. The molecule has 1 aromatic heterocycles. The van der Waals surface area contributed by atoms with E-state index in [9.17, 15) is 9.59 Å². The molecule has 0 atom stereocenters. The Morgan fingerprint density at radius 3 is 2.43 bits per heavy atom. The Labute approximate surface area is 145 Å². The molecule has 1 aromatic rings. The lowest BCUT2D eigenvalue weighted by atomic mass is 10.3. The molecule has 2 saturated heterocycles. The van der Waals surface area contributed by atoms with Crippen molar-refractivity contribution in [2.24, 2.45) is 0 Å². The van der Waals surface area contributed by atoms with E-state index in [0.717, 1.165) is 52.0 Å². The van der Waals surface area contributed by atoms with E-state index in [0.29, 0.717) is 23.0 Å². The molecule has 2 amide bonds.